The number of aromatic nitrogens is 1. The molecule has 16 heavy (non-hydrogen) atoms. The Balaban J connectivity index is 1.67. The lowest BCUT2D eigenvalue weighted by Gasteiger charge is -2.18. The molecular weight excluding hydrogens is 226 g/mol. The quantitative estimate of drug-likeness (QED) is 0.799. The van der Waals surface area contributed by atoms with Crippen molar-refractivity contribution in [3.63, 3.8) is 0 Å². The topological polar surface area (TPSA) is 56.7 Å². The van der Waals surface area contributed by atoms with Gasteiger partial charge in [-0.15, -0.1) is 11.3 Å². The number of nitrogens with zero attached hydrogens (tertiary/aromatic N) is 3. The van der Waals surface area contributed by atoms with Crippen molar-refractivity contribution in [3.05, 3.63) is 11.6 Å². The van der Waals surface area contributed by atoms with Crippen LogP contribution in [-0.4, -0.2) is 47.3 Å². The molecule has 86 valence electrons. The van der Waals surface area contributed by atoms with Crippen LogP contribution in [0.15, 0.2) is 11.6 Å². The molecule has 2 unspecified atom stereocenters. The fourth-order valence-corrected chi connectivity index (χ4v) is 3.34. The van der Waals surface area contributed by atoms with Gasteiger partial charge < -0.3 is 14.9 Å². The Labute approximate surface area is 97.3 Å². The van der Waals surface area contributed by atoms with Gasteiger partial charge in [0.15, 0.2) is 5.13 Å². The summed E-state index contributed by atoms with van der Waals surface area (Å²) in [5, 5.41) is 12.0. The van der Waals surface area contributed by atoms with Crippen molar-refractivity contribution >= 4 is 22.6 Å². The second-order valence-corrected chi connectivity index (χ2v) is 5.30. The van der Waals surface area contributed by atoms with E-state index in [-0.39, 0.29) is 0 Å². The van der Waals surface area contributed by atoms with Crippen molar-refractivity contribution in [1.29, 1.82) is 0 Å². The average molecular weight is 239 g/mol. The molecular formula is C10H13N3O2S. The summed E-state index contributed by atoms with van der Waals surface area (Å²) in [6, 6.07) is 0. The molecule has 0 aromatic carbocycles. The molecule has 1 N–H and O–H groups in total. The molecule has 1 aromatic heterocycles. The summed E-state index contributed by atoms with van der Waals surface area (Å²) < 4.78 is 0. The van der Waals surface area contributed by atoms with Crippen LogP contribution >= 0.6 is 11.3 Å². The van der Waals surface area contributed by atoms with Crippen LogP contribution in [0.25, 0.3) is 0 Å². The number of rotatable bonds is 1. The smallest absolute Gasteiger partial charge is 0.407 e. The highest BCUT2D eigenvalue weighted by molar-refractivity contribution is 7.13. The van der Waals surface area contributed by atoms with E-state index >= 15 is 0 Å². The molecule has 3 heterocycles. The van der Waals surface area contributed by atoms with Gasteiger partial charge in [0.25, 0.3) is 0 Å². The van der Waals surface area contributed by atoms with E-state index in [1.165, 1.54) is 4.90 Å². The number of carboxylic acid groups (broad SMARTS) is 1. The van der Waals surface area contributed by atoms with Gasteiger partial charge >= 0.3 is 6.09 Å². The maximum atomic E-state index is 10.8. The zero-order valence-corrected chi connectivity index (χ0v) is 9.56. The number of likely N-dealkylation sites (tertiary alicyclic amines) is 1. The van der Waals surface area contributed by atoms with Crippen molar-refractivity contribution in [2.24, 2.45) is 11.8 Å². The van der Waals surface area contributed by atoms with Crippen LogP contribution in [0, 0.1) is 11.8 Å². The summed E-state index contributed by atoms with van der Waals surface area (Å²) >= 11 is 1.65. The summed E-state index contributed by atoms with van der Waals surface area (Å²) in [6.45, 7) is 3.26. The Morgan fingerprint density at radius 1 is 1.38 bits per heavy atom. The van der Waals surface area contributed by atoms with E-state index in [4.69, 9.17) is 5.11 Å². The molecule has 2 saturated heterocycles. The van der Waals surface area contributed by atoms with E-state index in [0.29, 0.717) is 24.9 Å². The zero-order chi connectivity index (χ0) is 11.1. The third-order valence-electron chi connectivity index (χ3n) is 3.45. The van der Waals surface area contributed by atoms with Crippen molar-refractivity contribution in [2.75, 3.05) is 31.1 Å². The highest BCUT2D eigenvalue weighted by atomic mass is 32.1. The number of hydrogen-bond donors (Lipinski definition) is 1. The minimum atomic E-state index is -0.782. The van der Waals surface area contributed by atoms with E-state index in [2.05, 4.69) is 9.88 Å². The van der Waals surface area contributed by atoms with Gasteiger partial charge in [-0.2, -0.15) is 0 Å². The maximum absolute atomic E-state index is 10.8. The Morgan fingerprint density at radius 3 is 2.56 bits per heavy atom. The molecule has 0 radical (unpaired) electrons. The van der Waals surface area contributed by atoms with E-state index in [1.54, 1.807) is 11.3 Å². The fraction of sp³-hybridized carbons (Fsp3) is 0.600. The van der Waals surface area contributed by atoms with Gasteiger partial charge in [0.1, 0.15) is 0 Å². The Kier molecular flexibility index (Phi) is 2.24. The van der Waals surface area contributed by atoms with Crippen LogP contribution in [-0.2, 0) is 0 Å². The van der Waals surface area contributed by atoms with Crippen LogP contribution in [0.3, 0.4) is 0 Å². The van der Waals surface area contributed by atoms with Crippen LogP contribution in [0.5, 0.6) is 0 Å². The van der Waals surface area contributed by atoms with Crippen LogP contribution < -0.4 is 4.90 Å². The highest BCUT2D eigenvalue weighted by Crippen LogP contribution is 2.34. The second-order valence-electron chi connectivity index (χ2n) is 4.43. The summed E-state index contributed by atoms with van der Waals surface area (Å²) in [6.07, 6.45) is 1.03. The van der Waals surface area contributed by atoms with Gasteiger partial charge in [-0.1, -0.05) is 0 Å². The molecule has 2 aliphatic rings. The van der Waals surface area contributed by atoms with Crippen molar-refractivity contribution in [1.82, 2.24) is 9.88 Å². The normalized spacial score (nSPS) is 28.5. The van der Waals surface area contributed by atoms with Crippen LogP contribution in [0.2, 0.25) is 0 Å². The lowest BCUT2D eigenvalue weighted by atomic mass is 10.0. The minimum absolute atomic E-state index is 0.486. The molecule has 0 saturated carbocycles. The molecule has 1 aromatic rings. The summed E-state index contributed by atoms with van der Waals surface area (Å²) in [5.74, 6) is 0.972. The zero-order valence-electron chi connectivity index (χ0n) is 8.74. The molecule has 0 bridgehead atoms. The van der Waals surface area contributed by atoms with Crippen molar-refractivity contribution < 1.29 is 9.90 Å². The summed E-state index contributed by atoms with van der Waals surface area (Å²) in [7, 11) is 0. The predicted octanol–water partition coefficient (Wildman–Crippen LogP) is 1.19. The molecule has 2 fully saturated rings. The molecule has 6 heteroatoms. The van der Waals surface area contributed by atoms with Crippen molar-refractivity contribution in [2.45, 2.75) is 0 Å². The molecule has 1 amide bonds. The summed E-state index contributed by atoms with van der Waals surface area (Å²) in [5.41, 5.74) is 0. The Morgan fingerprint density at radius 2 is 2.06 bits per heavy atom. The van der Waals surface area contributed by atoms with Crippen LogP contribution in [0.1, 0.15) is 0 Å². The number of fused-ring (bicyclic) bond motifs is 1. The lowest BCUT2D eigenvalue weighted by molar-refractivity contribution is 0.153. The first-order valence-corrected chi connectivity index (χ1v) is 6.24. The Bertz CT molecular complexity index is 381. The third-order valence-corrected chi connectivity index (χ3v) is 4.28. The number of thiazole rings is 1. The molecule has 3 rings (SSSR count). The number of carbonyl (C=O) groups is 1. The number of anilines is 1. The molecule has 2 atom stereocenters. The minimum Gasteiger partial charge on any atom is -0.465 e. The van der Waals surface area contributed by atoms with E-state index in [0.717, 1.165) is 18.2 Å². The van der Waals surface area contributed by atoms with Crippen molar-refractivity contribution in [3.8, 4) is 0 Å². The third kappa shape index (κ3) is 1.53. The predicted molar refractivity (Wildman–Crippen MR) is 60.9 cm³/mol. The van der Waals surface area contributed by atoms with Crippen LogP contribution in [0.4, 0.5) is 9.93 Å². The van der Waals surface area contributed by atoms with Gasteiger partial charge in [0, 0.05) is 49.6 Å². The van der Waals surface area contributed by atoms with Gasteiger partial charge in [-0.05, 0) is 0 Å². The monoisotopic (exact) mass is 239 g/mol. The molecule has 2 aliphatic heterocycles. The first-order valence-electron chi connectivity index (χ1n) is 5.36. The summed E-state index contributed by atoms with van der Waals surface area (Å²) in [4.78, 5) is 19.0. The Hall–Kier alpha value is -1.30. The fourth-order valence-electron chi connectivity index (χ4n) is 2.68. The standard InChI is InChI=1S/C10H13N3O2S/c14-10(15)13-5-7-3-12(4-8(7)6-13)9-11-1-2-16-9/h1-2,7-8H,3-6H2,(H,14,15). The van der Waals surface area contributed by atoms with E-state index in [9.17, 15) is 4.79 Å². The van der Waals surface area contributed by atoms with Gasteiger partial charge in [-0.3, -0.25) is 0 Å². The molecule has 5 nitrogen and oxygen atoms in total. The van der Waals surface area contributed by atoms with Gasteiger partial charge in [0.05, 0.1) is 0 Å². The highest BCUT2D eigenvalue weighted by Gasteiger charge is 2.42. The SMILES string of the molecule is O=C(O)N1CC2CN(c3nccs3)CC2C1. The second kappa shape index (κ2) is 3.62. The van der Waals surface area contributed by atoms with Gasteiger partial charge in [0.2, 0.25) is 0 Å². The molecule has 0 aliphatic carbocycles. The number of amides is 1. The lowest BCUT2D eigenvalue weighted by Crippen LogP contribution is -2.32. The average Bonchev–Trinajstić information content (AvgIpc) is 2.91. The molecule has 0 spiro atoms. The first-order chi connectivity index (χ1) is 7.74. The number of hydrogen-bond acceptors (Lipinski definition) is 4. The maximum Gasteiger partial charge on any atom is 0.407 e. The van der Waals surface area contributed by atoms with E-state index in [1.807, 2.05) is 11.6 Å². The largest absolute Gasteiger partial charge is 0.465 e. The first kappa shape index (κ1) is 9.89. The van der Waals surface area contributed by atoms with E-state index < -0.39 is 6.09 Å². The van der Waals surface area contributed by atoms with Gasteiger partial charge in [-0.25, -0.2) is 9.78 Å².